The van der Waals surface area contributed by atoms with Gasteiger partial charge in [0.05, 0.1) is 24.0 Å². The van der Waals surface area contributed by atoms with Crippen molar-refractivity contribution in [1.82, 2.24) is 20.0 Å². The molecule has 1 atom stereocenters. The topological polar surface area (TPSA) is 77.5 Å². The SMILES string of the molecule is NNC(c1cnn2ccncc12)C1CCOCC1. The molecule has 6 nitrogen and oxygen atoms in total. The second-order valence-corrected chi connectivity index (χ2v) is 4.60. The Labute approximate surface area is 105 Å². The van der Waals surface area contributed by atoms with Crippen LogP contribution in [0.15, 0.2) is 24.8 Å². The molecule has 1 unspecified atom stereocenters. The number of hydrogen-bond acceptors (Lipinski definition) is 5. The molecule has 1 aliphatic heterocycles. The van der Waals surface area contributed by atoms with Crippen LogP contribution in [0.1, 0.15) is 24.4 Å². The van der Waals surface area contributed by atoms with Gasteiger partial charge in [-0.15, -0.1) is 0 Å². The summed E-state index contributed by atoms with van der Waals surface area (Å²) < 4.78 is 7.22. The summed E-state index contributed by atoms with van der Waals surface area (Å²) in [5.41, 5.74) is 5.04. The third-order valence-corrected chi connectivity index (χ3v) is 3.61. The average molecular weight is 247 g/mol. The monoisotopic (exact) mass is 247 g/mol. The van der Waals surface area contributed by atoms with E-state index < -0.39 is 0 Å². The maximum Gasteiger partial charge on any atom is 0.0893 e. The van der Waals surface area contributed by atoms with Gasteiger partial charge in [-0.05, 0) is 18.8 Å². The highest BCUT2D eigenvalue weighted by Crippen LogP contribution is 2.31. The summed E-state index contributed by atoms with van der Waals surface area (Å²) in [6.07, 6.45) is 9.31. The number of hydrogen-bond donors (Lipinski definition) is 2. The first-order valence-electron chi connectivity index (χ1n) is 6.21. The standard InChI is InChI=1S/C12H17N5O/c13-16-12(9-1-5-18-6-2-9)10-7-15-17-4-3-14-8-11(10)17/h3-4,7-9,12,16H,1-2,5-6,13H2. The fourth-order valence-electron chi connectivity index (χ4n) is 2.62. The lowest BCUT2D eigenvalue weighted by Gasteiger charge is -2.29. The second kappa shape index (κ2) is 5.01. The van der Waals surface area contributed by atoms with Gasteiger partial charge >= 0.3 is 0 Å². The summed E-state index contributed by atoms with van der Waals surface area (Å²) >= 11 is 0. The molecule has 0 bridgehead atoms. The Bertz CT molecular complexity index is 520. The molecule has 2 aromatic heterocycles. The van der Waals surface area contributed by atoms with Gasteiger partial charge in [0, 0.05) is 31.2 Å². The van der Waals surface area contributed by atoms with E-state index in [1.54, 1.807) is 6.20 Å². The molecule has 1 fully saturated rings. The Balaban J connectivity index is 1.95. The number of hydrazine groups is 1. The van der Waals surface area contributed by atoms with Crippen molar-refractivity contribution in [2.75, 3.05) is 13.2 Å². The Kier molecular flexibility index (Phi) is 3.22. The van der Waals surface area contributed by atoms with E-state index >= 15 is 0 Å². The molecule has 6 heteroatoms. The number of rotatable bonds is 3. The van der Waals surface area contributed by atoms with Gasteiger partial charge in [-0.1, -0.05) is 0 Å². The van der Waals surface area contributed by atoms with E-state index in [-0.39, 0.29) is 6.04 Å². The van der Waals surface area contributed by atoms with Crippen molar-refractivity contribution in [2.24, 2.45) is 11.8 Å². The van der Waals surface area contributed by atoms with Gasteiger partial charge in [-0.3, -0.25) is 16.3 Å². The fraction of sp³-hybridized carbons (Fsp3) is 0.500. The summed E-state index contributed by atoms with van der Waals surface area (Å²) in [7, 11) is 0. The minimum absolute atomic E-state index is 0.107. The Morgan fingerprint density at radius 1 is 1.39 bits per heavy atom. The minimum atomic E-state index is 0.107. The molecule has 0 aromatic carbocycles. The van der Waals surface area contributed by atoms with Crippen molar-refractivity contribution in [2.45, 2.75) is 18.9 Å². The Morgan fingerprint density at radius 3 is 3.00 bits per heavy atom. The average Bonchev–Trinajstić information content (AvgIpc) is 2.85. The van der Waals surface area contributed by atoms with E-state index in [0.29, 0.717) is 5.92 Å². The third kappa shape index (κ3) is 1.98. The maximum atomic E-state index is 5.74. The summed E-state index contributed by atoms with van der Waals surface area (Å²) in [6.45, 7) is 1.61. The first-order chi connectivity index (χ1) is 8.90. The Hall–Kier alpha value is -1.50. The normalized spacial score (nSPS) is 19.2. The van der Waals surface area contributed by atoms with E-state index in [9.17, 15) is 0 Å². The lowest BCUT2D eigenvalue weighted by atomic mass is 9.88. The van der Waals surface area contributed by atoms with Gasteiger partial charge < -0.3 is 4.74 Å². The summed E-state index contributed by atoms with van der Waals surface area (Å²) in [5, 5.41) is 4.33. The highest BCUT2D eigenvalue weighted by atomic mass is 16.5. The van der Waals surface area contributed by atoms with Crippen LogP contribution in [0.25, 0.3) is 5.52 Å². The molecular weight excluding hydrogens is 230 g/mol. The number of ether oxygens (including phenoxy) is 1. The van der Waals surface area contributed by atoms with Crippen LogP contribution in [-0.4, -0.2) is 27.8 Å². The molecular formula is C12H17N5O. The van der Waals surface area contributed by atoms with Gasteiger partial charge in [0.15, 0.2) is 0 Å². The van der Waals surface area contributed by atoms with Gasteiger partial charge in [0.2, 0.25) is 0 Å². The van der Waals surface area contributed by atoms with E-state index in [4.69, 9.17) is 10.6 Å². The first-order valence-corrected chi connectivity index (χ1v) is 6.21. The molecule has 96 valence electrons. The number of nitrogens with one attached hydrogen (secondary N) is 1. The van der Waals surface area contributed by atoms with Crippen LogP contribution in [0.5, 0.6) is 0 Å². The van der Waals surface area contributed by atoms with Crippen LogP contribution >= 0.6 is 0 Å². The van der Waals surface area contributed by atoms with E-state index in [1.807, 2.05) is 23.1 Å². The van der Waals surface area contributed by atoms with Crippen LogP contribution in [0.3, 0.4) is 0 Å². The first kappa shape index (κ1) is 11.6. The molecule has 2 aromatic rings. The quantitative estimate of drug-likeness (QED) is 0.615. The van der Waals surface area contributed by atoms with Crippen molar-refractivity contribution in [3.05, 3.63) is 30.4 Å². The predicted molar refractivity (Wildman–Crippen MR) is 66.6 cm³/mol. The summed E-state index contributed by atoms with van der Waals surface area (Å²) in [6, 6.07) is 0.107. The number of nitrogens with two attached hydrogens (primary N) is 1. The van der Waals surface area contributed by atoms with Crippen LogP contribution < -0.4 is 11.3 Å². The number of nitrogens with zero attached hydrogens (tertiary/aromatic N) is 3. The molecule has 0 amide bonds. The minimum Gasteiger partial charge on any atom is -0.381 e. The molecule has 18 heavy (non-hydrogen) atoms. The van der Waals surface area contributed by atoms with Crippen LogP contribution in [0, 0.1) is 5.92 Å². The van der Waals surface area contributed by atoms with Crippen LogP contribution in [-0.2, 0) is 4.74 Å². The smallest absolute Gasteiger partial charge is 0.0893 e. The fourth-order valence-corrected chi connectivity index (χ4v) is 2.62. The molecule has 0 aliphatic carbocycles. The van der Waals surface area contributed by atoms with Crippen molar-refractivity contribution < 1.29 is 4.74 Å². The van der Waals surface area contributed by atoms with Crippen LogP contribution in [0.2, 0.25) is 0 Å². The van der Waals surface area contributed by atoms with Crippen molar-refractivity contribution in [3.8, 4) is 0 Å². The molecule has 0 radical (unpaired) electrons. The van der Waals surface area contributed by atoms with Gasteiger partial charge in [0.1, 0.15) is 0 Å². The molecule has 1 saturated heterocycles. The Morgan fingerprint density at radius 2 is 2.22 bits per heavy atom. The third-order valence-electron chi connectivity index (χ3n) is 3.61. The lowest BCUT2D eigenvalue weighted by Crippen LogP contribution is -2.36. The zero-order valence-corrected chi connectivity index (χ0v) is 10.1. The van der Waals surface area contributed by atoms with E-state index in [1.165, 1.54) is 0 Å². The number of fused-ring (bicyclic) bond motifs is 1. The zero-order chi connectivity index (χ0) is 12.4. The second-order valence-electron chi connectivity index (χ2n) is 4.60. The molecule has 3 N–H and O–H groups in total. The lowest BCUT2D eigenvalue weighted by molar-refractivity contribution is 0.0538. The highest BCUT2D eigenvalue weighted by molar-refractivity contribution is 5.53. The molecule has 3 rings (SSSR count). The van der Waals surface area contributed by atoms with Crippen molar-refractivity contribution in [3.63, 3.8) is 0 Å². The van der Waals surface area contributed by atoms with E-state index in [0.717, 1.165) is 37.1 Å². The molecule has 0 spiro atoms. The van der Waals surface area contributed by atoms with Crippen LogP contribution in [0.4, 0.5) is 0 Å². The zero-order valence-electron chi connectivity index (χ0n) is 10.1. The highest BCUT2D eigenvalue weighted by Gasteiger charge is 2.26. The van der Waals surface area contributed by atoms with Gasteiger partial charge in [-0.2, -0.15) is 5.10 Å². The van der Waals surface area contributed by atoms with Crippen molar-refractivity contribution in [1.29, 1.82) is 0 Å². The number of aromatic nitrogens is 3. The molecule has 3 heterocycles. The summed E-state index contributed by atoms with van der Waals surface area (Å²) in [5.74, 6) is 6.22. The molecule has 0 saturated carbocycles. The van der Waals surface area contributed by atoms with Gasteiger partial charge in [-0.25, -0.2) is 4.52 Å². The predicted octanol–water partition coefficient (Wildman–Crippen LogP) is 0.660. The maximum absolute atomic E-state index is 5.74. The van der Waals surface area contributed by atoms with E-state index in [2.05, 4.69) is 15.5 Å². The summed E-state index contributed by atoms with van der Waals surface area (Å²) in [4.78, 5) is 4.15. The largest absolute Gasteiger partial charge is 0.381 e. The van der Waals surface area contributed by atoms with Gasteiger partial charge in [0.25, 0.3) is 0 Å². The molecule has 1 aliphatic rings. The van der Waals surface area contributed by atoms with Crippen molar-refractivity contribution >= 4 is 5.52 Å².